The van der Waals surface area contributed by atoms with Gasteiger partial charge in [-0.25, -0.2) is 28.7 Å². The first kappa shape index (κ1) is 21.4. The Bertz CT molecular complexity index is 1370. The van der Waals surface area contributed by atoms with Crippen LogP contribution >= 0.6 is 0 Å². The summed E-state index contributed by atoms with van der Waals surface area (Å²) in [5.74, 6) is -0.511. The third-order valence-electron chi connectivity index (χ3n) is 6.07. The number of hydrogen-bond acceptors (Lipinski definition) is 8. The van der Waals surface area contributed by atoms with E-state index in [1.165, 1.54) is 6.07 Å². The van der Waals surface area contributed by atoms with Crippen molar-refractivity contribution < 1.29 is 13.5 Å². The lowest BCUT2D eigenvalue weighted by Gasteiger charge is -2.22. The summed E-state index contributed by atoms with van der Waals surface area (Å²) in [6.45, 7) is 4.04. The molecular weight excluding hydrogens is 454 g/mol. The van der Waals surface area contributed by atoms with E-state index in [-0.39, 0.29) is 29.6 Å². The van der Waals surface area contributed by atoms with E-state index >= 15 is 0 Å². The Morgan fingerprint density at radius 1 is 1.00 bits per heavy atom. The molecule has 1 fully saturated rings. The molecule has 0 amide bonds. The Morgan fingerprint density at radius 2 is 1.94 bits per heavy atom. The van der Waals surface area contributed by atoms with Crippen molar-refractivity contribution in [3.63, 3.8) is 0 Å². The number of benzene rings is 1. The molecule has 4 aromatic rings. The van der Waals surface area contributed by atoms with Gasteiger partial charge in [0.15, 0.2) is 17.4 Å². The van der Waals surface area contributed by atoms with Gasteiger partial charge in [-0.3, -0.25) is 4.57 Å². The number of nitrogens with zero attached hydrogens (tertiary/aromatic N) is 6. The van der Waals surface area contributed by atoms with E-state index in [0.717, 1.165) is 50.2 Å². The summed E-state index contributed by atoms with van der Waals surface area (Å²) in [7, 11) is 0. The molecule has 2 aliphatic heterocycles. The van der Waals surface area contributed by atoms with Crippen LogP contribution in [0.3, 0.4) is 0 Å². The second-order valence-corrected chi connectivity index (χ2v) is 8.36. The Hall–Kier alpha value is -4.12. The quantitative estimate of drug-likeness (QED) is 0.463. The van der Waals surface area contributed by atoms with E-state index in [2.05, 4.69) is 35.5 Å². The zero-order valence-electron chi connectivity index (χ0n) is 18.7. The van der Waals surface area contributed by atoms with Gasteiger partial charge in [-0.2, -0.15) is 0 Å². The smallest absolute Gasteiger partial charge is 0.229 e. The molecule has 0 spiro atoms. The number of pyridine rings is 1. The highest BCUT2D eigenvalue weighted by Crippen LogP contribution is 2.36. The number of imidazole rings is 1. The number of ether oxygens (including phenoxy) is 1. The maximum Gasteiger partial charge on any atom is 0.229 e. The standard InChI is InChI=1S/C24H22F2N8O/c25-18-8-15(9-20-23(18)35-13-17-10-28-14-34(17)20)22-19(26)12-30-24(32-22)31-21-3-2-16(11-29-21)33-6-1-4-27-5-7-33/h2-3,8-12,14,27H,1,4-7,13H2,(H,29,30,31,32). The van der Waals surface area contributed by atoms with Crippen molar-refractivity contribution in [2.24, 2.45) is 0 Å². The van der Waals surface area contributed by atoms with Crippen molar-refractivity contribution in [2.75, 3.05) is 36.4 Å². The van der Waals surface area contributed by atoms with Crippen LogP contribution in [-0.2, 0) is 6.61 Å². The van der Waals surface area contributed by atoms with Gasteiger partial charge in [-0.15, -0.1) is 0 Å². The molecule has 0 bridgehead atoms. The Kier molecular flexibility index (Phi) is 5.45. The van der Waals surface area contributed by atoms with Crippen molar-refractivity contribution in [2.45, 2.75) is 13.0 Å². The van der Waals surface area contributed by atoms with Gasteiger partial charge in [0.2, 0.25) is 5.95 Å². The SMILES string of the molecule is Fc1cnc(Nc2ccc(N3CCCNCC3)cn2)nc1-c1cc(F)c2c(c1)-n1cncc1CO2. The van der Waals surface area contributed by atoms with Crippen LogP contribution in [0.1, 0.15) is 12.1 Å². The summed E-state index contributed by atoms with van der Waals surface area (Å²) < 4.78 is 36.8. The molecule has 0 unspecified atom stereocenters. The lowest BCUT2D eigenvalue weighted by Crippen LogP contribution is -2.27. The van der Waals surface area contributed by atoms with Gasteiger partial charge in [-0.1, -0.05) is 0 Å². The number of aromatic nitrogens is 5. The molecule has 178 valence electrons. The minimum atomic E-state index is -0.671. The lowest BCUT2D eigenvalue weighted by atomic mass is 10.1. The van der Waals surface area contributed by atoms with Gasteiger partial charge < -0.3 is 20.3 Å². The summed E-state index contributed by atoms with van der Waals surface area (Å²) in [6.07, 6.45) is 7.13. The average molecular weight is 476 g/mol. The van der Waals surface area contributed by atoms with E-state index in [1.807, 2.05) is 12.1 Å². The van der Waals surface area contributed by atoms with E-state index in [9.17, 15) is 8.78 Å². The normalized spacial score (nSPS) is 15.1. The molecule has 2 aliphatic rings. The molecule has 0 saturated carbocycles. The van der Waals surface area contributed by atoms with Crippen LogP contribution in [0.15, 0.2) is 49.2 Å². The van der Waals surface area contributed by atoms with Crippen LogP contribution in [-0.4, -0.2) is 50.7 Å². The monoisotopic (exact) mass is 476 g/mol. The van der Waals surface area contributed by atoms with Gasteiger partial charge >= 0.3 is 0 Å². The minimum Gasteiger partial charge on any atom is -0.482 e. The highest BCUT2D eigenvalue weighted by molar-refractivity contribution is 5.68. The Labute approximate surface area is 199 Å². The number of anilines is 3. The predicted octanol–water partition coefficient (Wildman–Crippen LogP) is 3.44. The van der Waals surface area contributed by atoms with Gasteiger partial charge in [0, 0.05) is 25.2 Å². The van der Waals surface area contributed by atoms with E-state index in [1.54, 1.807) is 29.4 Å². The van der Waals surface area contributed by atoms with Gasteiger partial charge in [0.05, 0.1) is 42.0 Å². The van der Waals surface area contributed by atoms with Crippen LogP contribution in [0.5, 0.6) is 5.75 Å². The third-order valence-corrected chi connectivity index (χ3v) is 6.07. The molecule has 5 heterocycles. The van der Waals surface area contributed by atoms with Crippen LogP contribution in [0.2, 0.25) is 0 Å². The maximum absolute atomic E-state index is 14.9. The second-order valence-electron chi connectivity index (χ2n) is 8.36. The first-order chi connectivity index (χ1) is 17.2. The lowest BCUT2D eigenvalue weighted by molar-refractivity contribution is 0.270. The van der Waals surface area contributed by atoms with E-state index < -0.39 is 11.6 Å². The fourth-order valence-corrected chi connectivity index (χ4v) is 4.33. The summed E-state index contributed by atoms with van der Waals surface area (Å²) in [6, 6.07) is 6.64. The van der Waals surface area contributed by atoms with E-state index in [0.29, 0.717) is 11.5 Å². The van der Waals surface area contributed by atoms with Crippen LogP contribution in [0.4, 0.5) is 26.2 Å². The average Bonchev–Trinajstić information content (AvgIpc) is 3.20. The molecule has 3 aromatic heterocycles. The molecule has 9 nitrogen and oxygen atoms in total. The summed E-state index contributed by atoms with van der Waals surface area (Å²) in [5.41, 5.74) is 2.46. The zero-order valence-corrected chi connectivity index (χ0v) is 18.7. The topological polar surface area (TPSA) is 93.0 Å². The van der Waals surface area contributed by atoms with Crippen molar-refractivity contribution in [1.29, 1.82) is 0 Å². The van der Waals surface area contributed by atoms with Crippen molar-refractivity contribution in [3.05, 3.63) is 66.5 Å². The molecule has 11 heteroatoms. The number of rotatable bonds is 4. The number of halogens is 2. The first-order valence-electron chi connectivity index (χ1n) is 11.4. The van der Waals surface area contributed by atoms with Crippen molar-refractivity contribution >= 4 is 17.5 Å². The summed E-state index contributed by atoms with van der Waals surface area (Å²) >= 11 is 0. The van der Waals surface area contributed by atoms with Gasteiger partial charge in [0.1, 0.15) is 18.1 Å². The van der Waals surface area contributed by atoms with Gasteiger partial charge in [0.25, 0.3) is 0 Å². The minimum absolute atomic E-state index is 0.0369. The van der Waals surface area contributed by atoms with Crippen molar-refractivity contribution in [3.8, 4) is 22.7 Å². The fourth-order valence-electron chi connectivity index (χ4n) is 4.33. The Balaban J connectivity index is 1.28. The molecule has 1 aromatic carbocycles. The van der Waals surface area contributed by atoms with Crippen LogP contribution in [0, 0.1) is 11.6 Å². The third kappa shape index (κ3) is 4.14. The molecule has 1 saturated heterocycles. The molecule has 2 N–H and O–H groups in total. The molecule has 6 rings (SSSR count). The first-order valence-corrected chi connectivity index (χ1v) is 11.4. The largest absolute Gasteiger partial charge is 0.482 e. The summed E-state index contributed by atoms with van der Waals surface area (Å²) in [4.78, 5) is 19.2. The number of hydrogen-bond donors (Lipinski definition) is 2. The van der Waals surface area contributed by atoms with E-state index in [4.69, 9.17) is 4.74 Å². The zero-order chi connectivity index (χ0) is 23.8. The molecule has 0 aliphatic carbocycles. The number of nitrogens with one attached hydrogen (secondary N) is 2. The molecule has 0 radical (unpaired) electrons. The Morgan fingerprint density at radius 3 is 2.83 bits per heavy atom. The second kappa shape index (κ2) is 8.91. The molecule has 35 heavy (non-hydrogen) atoms. The van der Waals surface area contributed by atoms with Crippen molar-refractivity contribution in [1.82, 2.24) is 29.8 Å². The molecular formula is C24H22F2N8O. The highest BCUT2D eigenvalue weighted by atomic mass is 19.1. The van der Waals surface area contributed by atoms with Crippen LogP contribution in [0.25, 0.3) is 16.9 Å². The van der Waals surface area contributed by atoms with Crippen LogP contribution < -0.4 is 20.3 Å². The maximum atomic E-state index is 14.9. The van der Waals surface area contributed by atoms with Gasteiger partial charge in [-0.05, 0) is 37.2 Å². The fraction of sp³-hybridized carbons (Fsp3) is 0.250. The number of fused-ring (bicyclic) bond motifs is 3. The summed E-state index contributed by atoms with van der Waals surface area (Å²) in [5, 5.41) is 6.39. The highest BCUT2D eigenvalue weighted by Gasteiger charge is 2.23. The predicted molar refractivity (Wildman–Crippen MR) is 126 cm³/mol. The molecule has 0 atom stereocenters.